The van der Waals surface area contributed by atoms with Crippen LogP contribution < -0.4 is 5.32 Å². The molecule has 0 N–H and O–H groups in total. The van der Waals surface area contributed by atoms with Crippen molar-refractivity contribution in [1.29, 1.82) is 0 Å². The lowest BCUT2D eigenvalue weighted by atomic mass is 9.95. The first kappa shape index (κ1) is 8.01. The number of hydrogen-bond acceptors (Lipinski definition) is 0. The number of fused-ring (bicyclic) bond motifs is 3. The van der Waals surface area contributed by atoms with Crippen molar-refractivity contribution in [3.8, 4) is 0 Å². The van der Waals surface area contributed by atoms with E-state index in [-0.39, 0.29) is 0 Å². The van der Waals surface area contributed by atoms with Crippen LogP contribution >= 0.6 is 0 Å². The van der Waals surface area contributed by atoms with Crippen LogP contribution in [0.15, 0.2) is 36.4 Å². The van der Waals surface area contributed by atoms with Crippen LogP contribution in [0.1, 0.15) is 11.1 Å². The second-order valence-corrected chi connectivity index (χ2v) is 3.78. The Morgan fingerprint density at radius 2 is 1.93 bits per heavy atom. The van der Waals surface area contributed by atoms with Crippen molar-refractivity contribution in [3.63, 3.8) is 0 Å². The Kier molecular flexibility index (Phi) is 1.78. The first-order valence-corrected chi connectivity index (χ1v) is 5.08. The summed E-state index contributed by atoms with van der Waals surface area (Å²) in [5.74, 6) is 0. The first-order chi connectivity index (χ1) is 6.95. The van der Waals surface area contributed by atoms with Crippen molar-refractivity contribution in [1.82, 2.24) is 5.32 Å². The summed E-state index contributed by atoms with van der Waals surface area (Å²) < 4.78 is 0. The molecule has 69 valence electrons. The van der Waals surface area contributed by atoms with Gasteiger partial charge >= 0.3 is 0 Å². The van der Waals surface area contributed by atoms with E-state index in [0.717, 1.165) is 19.5 Å². The van der Waals surface area contributed by atoms with Crippen LogP contribution in [0.4, 0.5) is 0 Å². The molecule has 0 saturated heterocycles. The van der Waals surface area contributed by atoms with Crippen molar-refractivity contribution in [2.24, 2.45) is 0 Å². The highest BCUT2D eigenvalue weighted by atomic mass is 14.9. The molecule has 0 aliphatic carbocycles. The van der Waals surface area contributed by atoms with E-state index in [4.69, 9.17) is 0 Å². The second kappa shape index (κ2) is 3.10. The van der Waals surface area contributed by atoms with Crippen molar-refractivity contribution in [2.75, 3.05) is 6.54 Å². The predicted molar refractivity (Wildman–Crippen MR) is 58.4 cm³/mol. The molecule has 0 saturated carbocycles. The molecule has 1 aliphatic rings. The fourth-order valence-electron chi connectivity index (χ4n) is 2.19. The van der Waals surface area contributed by atoms with Crippen LogP contribution in [0, 0.1) is 0 Å². The molecule has 0 fully saturated rings. The van der Waals surface area contributed by atoms with Gasteiger partial charge in [-0.05, 0) is 28.3 Å². The third-order valence-electron chi connectivity index (χ3n) is 2.95. The van der Waals surface area contributed by atoms with E-state index in [2.05, 4.69) is 41.7 Å². The minimum atomic E-state index is 0.899. The highest BCUT2D eigenvalue weighted by molar-refractivity contribution is 5.86. The molecule has 0 amide bonds. The average molecular weight is 182 g/mol. The number of rotatable bonds is 0. The van der Waals surface area contributed by atoms with Gasteiger partial charge in [-0.15, -0.1) is 0 Å². The van der Waals surface area contributed by atoms with E-state index in [1.54, 1.807) is 0 Å². The summed E-state index contributed by atoms with van der Waals surface area (Å²) in [7, 11) is 0. The van der Waals surface area contributed by atoms with E-state index >= 15 is 0 Å². The van der Waals surface area contributed by atoms with Crippen molar-refractivity contribution in [2.45, 2.75) is 13.0 Å². The third-order valence-corrected chi connectivity index (χ3v) is 2.95. The Morgan fingerprint density at radius 1 is 1.00 bits per heavy atom. The van der Waals surface area contributed by atoms with Gasteiger partial charge in [0.1, 0.15) is 0 Å². The van der Waals surface area contributed by atoms with Gasteiger partial charge in [-0.3, -0.25) is 0 Å². The van der Waals surface area contributed by atoms with Gasteiger partial charge in [-0.2, -0.15) is 0 Å². The zero-order valence-corrected chi connectivity index (χ0v) is 8.03. The summed E-state index contributed by atoms with van der Waals surface area (Å²) in [6, 6.07) is 13.1. The minimum absolute atomic E-state index is 0.899. The SMILES string of the molecule is c1ccc2c3c(ccc2c1)CC[N]C3. The Balaban J connectivity index is 2.34. The van der Waals surface area contributed by atoms with Crippen LogP contribution in [-0.2, 0) is 13.0 Å². The minimum Gasteiger partial charge on any atom is -0.237 e. The highest BCUT2D eigenvalue weighted by Gasteiger charge is 2.11. The molecular weight excluding hydrogens is 170 g/mol. The van der Waals surface area contributed by atoms with Crippen LogP contribution in [0.3, 0.4) is 0 Å². The van der Waals surface area contributed by atoms with Crippen molar-refractivity contribution < 1.29 is 0 Å². The first-order valence-electron chi connectivity index (χ1n) is 5.08. The summed E-state index contributed by atoms with van der Waals surface area (Å²) in [5, 5.41) is 7.19. The van der Waals surface area contributed by atoms with Gasteiger partial charge in [-0.25, -0.2) is 5.32 Å². The predicted octanol–water partition coefficient (Wildman–Crippen LogP) is 2.50. The molecule has 2 aromatic carbocycles. The van der Waals surface area contributed by atoms with Crippen molar-refractivity contribution >= 4 is 10.8 Å². The Hall–Kier alpha value is -1.34. The quantitative estimate of drug-likeness (QED) is 0.594. The molecule has 0 unspecified atom stereocenters. The largest absolute Gasteiger partial charge is 0.237 e. The topological polar surface area (TPSA) is 14.1 Å². The molecular formula is C13H12N. The smallest absolute Gasteiger partial charge is 0.0393 e. The molecule has 1 radical (unpaired) electrons. The monoisotopic (exact) mass is 182 g/mol. The van der Waals surface area contributed by atoms with Gasteiger partial charge in [0, 0.05) is 13.1 Å². The van der Waals surface area contributed by atoms with Crippen LogP contribution in [0.2, 0.25) is 0 Å². The van der Waals surface area contributed by atoms with Crippen LogP contribution in [-0.4, -0.2) is 6.54 Å². The maximum atomic E-state index is 4.47. The normalized spacial score (nSPS) is 15.4. The molecule has 0 atom stereocenters. The molecule has 2 aromatic rings. The number of hydrogen-bond donors (Lipinski definition) is 0. The van der Waals surface area contributed by atoms with Crippen LogP contribution in [0.5, 0.6) is 0 Å². The highest BCUT2D eigenvalue weighted by Crippen LogP contribution is 2.24. The van der Waals surface area contributed by atoms with E-state index < -0.39 is 0 Å². The zero-order chi connectivity index (χ0) is 9.38. The van der Waals surface area contributed by atoms with Gasteiger partial charge < -0.3 is 0 Å². The maximum Gasteiger partial charge on any atom is 0.0393 e. The fourth-order valence-corrected chi connectivity index (χ4v) is 2.19. The van der Waals surface area contributed by atoms with Gasteiger partial charge in [0.05, 0.1) is 0 Å². The van der Waals surface area contributed by atoms with Gasteiger partial charge in [0.15, 0.2) is 0 Å². The Morgan fingerprint density at radius 3 is 2.93 bits per heavy atom. The fraction of sp³-hybridized carbons (Fsp3) is 0.231. The van der Waals surface area contributed by atoms with E-state index in [0.29, 0.717) is 0 Å². The van der Waals surface area contributed by atoms with Gasteiger partial charge in [0.25, 0.3) is 0 Å². The summed E-state index contributed by atoms with van der Waals surface area (Å²) in [4.78, 5) is 0. The molecule has 0 bridgehead atoms. The average Bonchev–Trinajstić information content (AvgIpc) is 2.29. The van der Waals surface area contributed by atoms with E-state index in [1.165, 1.54) is 21.9 Å². The third kappa shape index (κ3) is 1.13. The van der Waals surface area contributed by atoms with Crippen molar-refractivity contribution in [3.05, 3.63) is 47.5 Å². The van der Waals surface area contributed by atoms with Gasteiger partial charge in [0.2, 0.25) is 0 Å². The molecule has 1 heteroatoms. The van der Waals surface area contributed by atoms with E-state index in [1.807, 2.05) is 0 Å². The Bertz CT molecular complexity index is 474. The summed E-state index contributed by atoms with van der Waals surface area (Å²) in [6.45, 7) is 1.89. The maximum absolute atomic E-state index is 4.47. The lowest BCUT2D eigenvalue weighted by Crippen LogP contribution is -2.17. The lowest BCUT2D eigenvalue weighted by Gasteiger charge is -2.17. The molecule has 1 heterocycles. The standard InChI is InChI=1S/C13H12N/c1-2-4-12-10(3-1)5-6-11-7-8-14-9-13(11)12/h1-6H,7-9H2. The molecule has 1 aliphatic heterocycles. The Labute approximate surface area is 83.8 Å². The molecule has 3 rings (SSSR count). The van der Waals surface area contributed by atoms with Crippen LogP contribution in [0.25, 0.3) is 10.8 Å². The summed E-state index contributed by atoms with van der Waals surface area (Å²) >= 11 is 0. The number of benzene rings is 2. The lowest BCUT2D eigenvalue weighted by molar-refractivity contribution is 0.634. The van der Waals surface area contributed by atoms with E-state index in [9.17, 15) is 0 Å². The molecule has 0 aromatic heterocycles. The summed E-state index contributed by atoms with van der Waals surface area (Å²) in [6.07, 6.45) is 1.11. The molecule has 14 heavy (non-hydrogen) atoms. The van der Waals surface area contributed by atoms with Gasteiger partial charge in [-0.1, -0.05) is 36.4 Å². The number of nitrogens with zero attached hydrogens (tertiary/aromatic N) is 1. The molecule has 1 nitrogen and oxygen atoms in total. The second-order valence-electron chi connectivity index (χ2n) is 3.78. The molecule has 0 spiro atoms. The summed E-state index contributed by atoms with van der Waals surface area (Å²) in [5.41, 5.74) is 2.92. The zero-order valence-electron chi connectivity index (χ0n) is 8.03.